The van der Waals surface area contributed by atoms with E-state index in [1.54, 1.807) is 17.8 Å². The van der Waals surface area contributed by atoms with Gasteiger partial charge in [0.05, 0.1) is 11.2 Å². The van der Waals surface area contributed by atoms with Gasteiger partial charge in [0.2, 0.25) is 0 Å². The van der Waals surface area contributed by atoms with Crippen molar-refractivity contribution in [2.45, 2.75) is 32.0 Å². The van der Waals surface area contributed by atoms with Crippen LogP contribution in [0, 0.1) is 6.92 Å². The van der Waals surface area contributed by atoms with E-state index in [0.717, 1.165) is 22.7 Å². The Morgan fingerprint density at radius 1 is 1.24 bits per heavy atom. The molecular weight excluding hydrogens is 308 g/mol. The van der Waals surface area contributed by atoms with Crippen LogP contribution >= 0.6 is 11.3 Å². The highest BCUT2D eigenvalue weighted by Crippen LogP contribution is 2.13. The zero-order valence-electron chi connectivity index (χ0n) is 12.0. The Kier molecular flexibility index (Phi) is 5.40. The first kappa shape index (κ1) is 16.0. The molecule has 0 atom stereocenters. The number of sulfonamides is 1. The summed E-state index contributed by atoms with van der Waals surface area (Å²) in [6, 6.07) is 3.29. The van der Waals surface area contributed by atoms with E-state index < -0.39 is 10.0 Å². The summed E-state index contributed by atoms with van der Waals surface area (Å²) in [7, 11) is -3.59. The Hall–Kier alpha value is -1.35. The van der Waals surface area contributed by atoms with Gasteiger partial charge in [-0.05, 0) is 25.1 Å². The number of nitrogens with zero attached hydrogens (tertiary/aromatic N) is 2. The Labute approximate surface area is 128 Å². The lowest BCUT2D eigenvalue weighted by molar-refractivity contribution is 0.577. The summed E-state index contributed by atoms with van der Waals surface area (Å²) in [5.41, 5.74) is 3.50. The molecule has 0 aromatic carbocycles. The maximum absolute atomic E-state index is 12.2. The second-order valence-corrected chi connectivity index (χ2v) is 7.12. The number of hydrogen-bond donors (Lipinski definition) is 2. The first-order valence-corrected chi connectivity index (χ1v) is 8.93. The summed E-state index contributed by atoms with van der Waals surface area (Å²) in [6.45, 7) is 5.64. The van der Waals surface area contributed by atoms with Gasteiger partial charge in [-0.2, -0.15) is 0 Å². The molecule has 0 saturated carbocycles. The van der Waals surface area contributed by atoms with E-state index in [1.165, 1.54) is 17.4 Å². The highest BCUT2D eigenvalue weighted by Gasteiger charge is 2.16. The molecule has 0 radical (unpaired) electrons. The topological polar surface area (TPSA) is 84.0 Å². The van der Waals surface area contributed by atoms with Gasteiger partial charge in [0, 0.05) is 24.2 Å². The summed E-state index contributed by atoms with van der Waals surface area (Å²) >= 11 is 1.43. The highest BCUT2D eigenvalue weighted by atomic mass is 32.2. The van der Waals surface area contributed by atoms with Crippen LogP contribution in [0.1, 0.15) is 23.1 Å². The van der Waals surface area contributed by atoms with Crippen molar-refractivity contribution in [2.24, 2.45) is 0 Å². The molecule has 0 aliphatic rings. The third-order valence-corrected chi connectivity index (χ3v) is 5.17. The van der Waals surface area contributed by atoms with Crippen LogP contribution in [0.5, 0.6) is 0 Å². The highest BCUT2D eigenvalue weighted by molar-refractivity contribution is 7.89. The first-order valence-electron chi connectivity index (χ1n) is 6.57. The van der Waals surface area contributed by atoms with Crippen molar-refractivity contribution in [3.8, 4) is 0 Å². The molecule has 2 aromatic rings. The average molecular weight is 326 g/mol. The molecule has 0 saturated heterocycles. The van der Waals surface area contributed by atoms with E-state index in [0.29, 0.717) is 6.54 Å². The van der Waals surface area contributed by atoms with Gasteiger partial charge >= 0.3 is 0 Å². The SMILES string of the molecule is CCNCc1ccc(S(=O)(=O)NCc2scnc2C)nc1. The largest absolute Gasteiger partial charge is 0.313 e. The van der Waals surface area contributed by atoms with Gasteiger partial charge in [0.15, 0.2) is 5.03 Å². The number of thiazole rings is 1. The lowest BCUT2D eigenvalue weighted by Crippen LogP contribution is -2.24. The molecule has 2 heterocycles. The molecule has 2 aromatic heterocycles. The molecule has 8 heteroatoms. The van der Waals surface area contributed by atoms with Crippen molar-refractivity contribution >= 4 is 21.4 Å². The van der Waals surface area contributed by atoms with Crippen LogP contribution in [0.2, 0.25) is 0 Å². The zero-order valence-corrected chi connectivity index (χ0v) is 13.6. The van der Waals surface area contributed by atoms with Gasteiger partial charge in [-0.1, -0.05) is 13.0 Å². The maximum Gasteiger partial charge on any atom is 0.258 e. The molecule has 0 unspecified atom stereocenters. The third kappa shape index (κ3) is 4.31. The monoisotopic (exact) mass is 326 g/mol. The van der Waals surface area contributed by atoms with E-state index in [-0.39, 0.29) is 11.6 Å². The molecule has 2 N–H and O–H groups in total. The zero-order chi connectivity index (χ0) is 15.3. The Balaban J connectivity index is 2.03. The fourth-order valence-electron chi connectivity index (χ4n) is 1.67. The Bertz CT molecular complexity index is 680. The van der Waals surface area contributed by atoms with E-state index >= 15 is 0 Å². The molecule has 0 bridgehead atoms. The number of aryl methyl sites for hydroxylation is 1. The maximum atomic E-state index is 12.2. The molecule has 0 aliphatic carbocycles. The first-order chi connectivity index (χ1) is 10.0. The minimum absolute atomic E-state index is 0.0323. The second kappa shape index (κ2) is 7.08. The quantitative estimate of drug-likeness (QED) is 0.804. The lowest BCUT2D eigenvalue weighted by Gasteiger charge is -2.06. The fourth-order valence-corrected chi connectivity index (χ4v) is 3.40. The van der Waals surface area contributed by atoms with Crippen LogP contribution in [-0.4, -0.2) is 24.9 Å². The summed E-state index contributed by atoms with van der Waals surface area (Å²) < 4.78 is 26.9. The van der Waals surface area contributed by atoms with Crippen molar-refractivity contribution in [1.29, 1.82) is 0 Å². The molecule has 0 amide bonds. The molecule has 21 heavy (non-hydrogen) atoms. The van der Waals surface area contributed by atoms with E-state index in [4.69, 9.17) is 0 Å². The number of hydrogen-bond acceptors (Lipinski definition) is 6. The molecule has 114 valence electrons. The standard InChI is InChI=1S/C13H18N4O2S2/c1-3-14-6-11-4-5-13(15-7-11)21(18,19)17-8-12-10(2)16-9-20-12/h4-5,7,9,14,17H,3,6,8H2,1-2H3. The normalized spacial score (nSPS) is 11.7. The number of pyridine rings is 1. The molecule has 6 nitrogen and oxygen atoms in total. The minimum atomic E-state index is -3.59. The van der Waals surface area contributed by atoms with Gasteiger partial charge in [0.25, 0.3) is 10.0 Å². The van der Waals surface area contributed by atoms with Crippen molar-refractivity contribution in [3.05, 3.63) is 40.0 Å². The molecule has 2 rings (SSSR count). The van der Waals surface area contributed by atoms with E-state index in [1.807, 2.05) is 13.8 Å². The minimum Gasteiger partial charge on any atom is -0.313 e. The summed E-state index contributed by atoms with van der Waals surface area (Å²) in [4.78, 5) is 9.02. The van der Waals surface area contributed by atoms with Gasteiger partial charge < -0.3 is 5.32 Å². The summed E-state index contributed by atoms with van der Waals surface area (Å²) in [5, 5.41) is 3.19. The summed E-state index contributed by atoms with van der Waals surface area (Å²) in [6.07, 6.45) is 1.58. The van der Waals surface area contributed by atoms with Crippen molar-refractivity contribution in [1.82, 2.24) is 20.0 Å². The molecular formula is C13H18N4O2S2. The molecule has 0 aliphatic heterocycles. The van der Waals surface area contributed by atoms with Gasteiger partial charge in [0.1, 0.15) is 0 Å². The fraction of sp³-hybridized carbons (Fsp3) is 0.385. The van der Waals surface area contributed by atoms with Gasteiger partial charge in [-0.15, -0.1) is 11.3 Å². The van der Waals surface area contributed by atoms with Crippen molar-refractivity contribution < 1.29 is 8.42 Å². The average Bonchev–Trinajstić information content (AvgIpc) is 2.89. The van der Waals surface area contributed by atoms with E-state index in [9.17, 15) is 8.42 Å². The number of nitrogens with one attached hydrogen (secondary N) is 2. The smallest absolute Gasteiger partial charge is 0.258 e. The Morgan fingerprint density at radius 2 is 2.05 bits per heavy atom. The lowest BCUT2D eigenvalue weighted by atomic mass is 10.3. The van der Waals surface area contributed by atoms with Crippen molar-refractivity contribution in [3.63, 3.8) is 0 Å². The van der Waals surface area contributed by atoms with Crippen LogP contribution in [0.15, 0.2) is 28.9 Å². The number of rotatable bonds is 7. The molecule has 0 spiro atoms. The molecule has 0 fully saturated rings. The van der Waals surface area contributed by atoms with Crippen LogP contribution in [-0.2, 0) is 23.1 Å². The van der Waals surface area contributed by atoms with Gasteiger partial charge in [-0.25, -0.2) is 23.1 Å². The summed E-state index contributed by atoms with van der Waals surface area (Å²) in [5.74, 6) is 0. The number of aromatic nitrogens is 2. The predicted octanol–water partition coefficient (Wildman–Crippen LogP) is 1.43. The Morgan fingerprint density at radius 3 is 2.62 bits per heavy atom. The van der Waals surface area contributed by atoms with E-state index in [2.05, 4.69) is 20.0 Å². The predicted molar refractivity (Wildman–Crippen MR) is 82.5 cm³/mol. The van der Waals surface area contributed by atoms with Gasteiger partial charge in [-0.3, -0.25) is 0 Å². The van der Waals surface area contributed by atoms with Crippen LogP contribution < -0.4 is 10.0 Å². The second-order valence-electron chi connectivity index (χ2n) is 4.47. The van der Waals surface area contributed by atoms with Crippen LogP contribution in [0.4, 0.5) is 0 Å². The van der Waals surface area contributed by atoms with Crippen molar-refractivity contribution in [2.75, 3.05) is 6.54 Å². The third-order valence-electron chi connectivity index (χ3n) is 2.92. The van der Waals surface area contributed by atoms with Crippen LogP contribution in [0.3, 0.4) is 0 Å². The van der Waals surface area contributed by atoms with Crippen LogP contribution in [0.25, 0.3) is 0 Å².